The van der Waals surface area contributed by atoms with Crippen LogP contribution in [0.3, 0.4) is 0 Å². The zero-order valence-corrected chi connectivity index (χ0v) is 9.49. The highest BCUT2D eigenvalue weighted by atomic mass is 32.1. The van der Waals surface area contributed by atoms with Crippen molar-refractivity contribution in [2.45, 2.75) is 13.0 Å². The van der Waals surface area contributed by atoms with E-state index in [1.54, 1.807) is 0 Å². The number of nitrogens with two attached hydrogens (primary N) is 1. The number of nitrogens with zero attached hydrogens (tertiary/aromatic N) is 3. The Morgan fingerprint density at radius 1 is 1.75 bits per heavy atom. The van der Waals surface area contributed by atoms with Crippen LogP contribution in [0, 0.1) is 19.3 Å². The van der Waals surface area contributed by atoms with Crippen LogP contribution in [0.2, 0.25) is 0 Å². The topological polar surface area (TPSA) is 71.6 Å². The monoisotopic (exact) mass is 234 g/mol. The molecule has 1 aliphatic heterocycles. The van der Waals surface area contributed by atoms with E-state index in [0.717, 1.165) is 10.7 Å². The molecule has 16 heavy (non-hydrogen) atoms. The van der Waals surface area contributed by atoms with Crippen LogP contribution in [-0.2, 0) is 0 Å². The molecule has 1 aliphatic rings. The summed E-state index contributed by atoms with van der Waals surface area (Å²) < 4.78 is 0. The first-order valence-corrected chi connectivity index (χ1v) is 5.51. The number of amidine groups is 1. The second-order valence-electron chi connectivity index (χ2n) is 3.38. The van der Waals surface area contributed by atoms with Gasteiger partial charge in [-0.05, 0) is 6.92 Å². The molecular weight excluding hydrogens is 224 g/mol. The quantitative estimate of drug-likeness (QED) is 0.773. The van der Waals surface area contributed by atoms with Crippen LogP contribution in [-0.4, -0.2) is 28.3 Å². The number of urea groups is 1. The molecule has 0 aliphatic carbocycles. The number of thiazole rings is 1. The standard InChI is InChI=1S/C10H10N4OS/c1-3-4-14-7(8(11)13-10(14)15)9-12-6(2)5-16-9/h1,5,7H,4H2,2H3,(H2,11,13,15). The average molecular weight is 234 g/mol. The molecule has 1 atom stereocenters. The second kappa shape index (κ2) is 3.94. The van der Waals surface area contributed by atoms with Crippen molar-refractivity contribution in [3.05, 3.63) is 16.1 Å². The van der Waals surface area contributed by atoms with Gasteiger partial charge in [0.25, 0.3) is 0 Å². The molecule has 2 amide bonds. The third kappa shape index (κ3) is 1.66. The Morgan fingerprint density at radius 3 is 3.06 bits per heavy atom. The van der Waals surface area contributed by atoms with Gasteiger partial charge in [-0.15, -0.1) is 17.8 Å². The van der Waals surface area contributed by atoms with Crippen LogP contribution >= 0.6 is 11.3 Å². The molecule has 2 N–H and O–H groups in total. The zero-order valence-electron chi connectivity index (χ0n) is 8.67. The first-order chi connectivity index (χ1) is 7.63. The molecule has 0 bridgehead atoms. The molecule has 0 saturated carbocycles. The predicted molar refractivity (Wildman–Crippen MR) is 62.1 cm³/mol. The molecular formula is C10H10N4OS. The smallest absolute Gasteiger partial charge is 0.347 e. The lowest BCUT2D eigenvalue weighted by Gasteiger charge is -2.19. The minimum absolute atomic E-state index is 0.187. The molecule has 82 valence electrons. The SMILES string of the molecule is C#CCN1C(=O)N=C(N)C1c1nc(C)cs1. The fourth-order valence-electron chi connectivity index (χ4n) is 1.52. The molecule has 1 unspecified atom stereocenters. The molecule has 0 aromatic carbocycles. The maximum Gasteiger partial charge on any atom is 0.347 e. The second-order valence-corrected chi connectivity index (χ2v) is 4.27. The summed E-state index contributed by atoms with van der Waals surface area (Å²) in [4.78, 5) is 21.0. The summed E-state index contributed by atoms with van der Waals surface area (Å²) >= 11 is 1.45. The fourth-order valence-corrected chi connectivity index (χ4v) is 2.44. The largest absolute Gasteiger partial charge is 0.385 e. The van der Waals surface area contributed by atoms with Gasteiger partial charge in [0.05, 0.1) is 6.54 Å². The van der Waals surface area contributed by atoms with Crippen LogP contribution in [0.15, 0.2) is 10.4 Å². The Bertz CT molecular complexity index is 499. The highest BCUT2D eigenvalue weighted by Crippen LogP contribution is 2.28. The van der Waals surface area contributed by atoms with E-state index < -0.39 is 12.1 Å². The van der Waals surface area contributed by atoms with Crippen molar-refractivity contribution in [3.8, 4) is 12.3 Å². The van der Waals surface area contributed by atoms with Gasteiger partial charge in [-0.2, -0.15) is 4.99 Å². The van der Waals surface area contributed by atoms with Crippen molar-refractivity contribution in [2.75, 3.05) is 6.54 Å². The molecule has 2 heterocycles. The van der Waals surface area contributed by atoms with Crippen LogP contribution in [0.1, 0.15) is 16.7 Å². The number of aliphatic imine (C=N–C) groups is 1. The van der Waals surface area contributed by atoms with Crippen LogP contribution in [0.5, 0.6) is 0 Å². The minimum atomic E-state index is -0.401. The van der Waals surface area contributed by atoms with Gasteiger partial charge in [-0.3, -0.25) is 4.90 Å². The third-order valence-electron chi connectivity index (χ3n) is 2.19. The lowest BCUT2D eigenvalue weighted by molar-refractivity contribution is 0.213. The molecule has 2 rings (SSSR count). The number of amides is 2. The molecule has 0 radical (unpaired) electrons. The highest BCUT2D eigenvalue weighted by Gasteiger charge is 2.35. The van der Waals surface area contributed by atoms with E-state index in [4.69, 9.17) is 12.2 Å². The van der Waals surface area contributed by atoms with Gasteiger partial charge < -0.3 is 5.73 Å². The maximum atomic E-state index is 11.5. The highest BCUT2D eigenvalue weighted by molar-refractivity contribution is 7.09. The lowest BCUT2D eigenvalue weighted by atomic mass is 10.2. The maximum absolute atomic E-state index is 11.5. The molecule has 5 nitrogen and oxygen atoms in total. The number of terminal acetylenes is 1. The Morgan fingerprint density at radius 2 is 2.50 bits per heavy atom. The average Bonchev–Trinajstić information content (AvgIpc) is 2.73. The summed E-state index contributed by atoms with van der Waals surface area (Å²) in [5.41, 5.74) is 6.61. The van der Waals surface area contributed by atoms with Gasteiger partial charge in [0.1, 0.15) is 16.9 Å². The Labute approximate surface area is 97.0 Å². The first kappa shape index (κ1) is 10.6. The van der Waals surface area contributed by atoms with Crippen molar-refractivity contribution in [1.82, 2.24) is 9.88 Å². The summed E-state index contributed by atoms with van der Waals surface area (Å²) in [6.45, 7) is 2.07. The summed E-state index contributed by atoms with van der Waals surface area (Å²) in [6, 6.07) is -0.796. The number of carbonyl (C=O) groups excluding carboxylic acids is 1. The van der Waals surface area contributed by atoms with E-state index in [0.29, 0.717) is 0 Å². The number of rotatable bonds is 2. The van der Waals surface area contributed by atoms with Crippen LogP contribution < -0.4 is 5.73 Å². The molecule has 0 fully saturated rings. The number of hydrogen-bond acceptors (Lipinski definition) is 4. The van der Waals surface area contributed by atoms with Crippen LogP contribution in [0.4, 0.5) is 4.79 Å². The Kier molecular flexibility index (Phi) is 2.62. The fraction of sp³-hybridized carbons (Fsp3) is 0.300. The Hall–Kier alpha value is -1.87. The molecule has 6 heteroatoms. The summed E-state index contributed by atoms with van der Waals surface area (Å²) in [5, 5.41) is 2.65. The number of hydrogen-bond donors (Lipinski definition) is 1. The van der Waals surface area contributed by atoms with Gasteiger partial charge >= 0.3 is 6.03 Å². The number of aryl methyl sites for hydroxylation is 1. The van der Waals surface area contributed by atoms with Crippen molar-refractivity contribution in [1.29, 1.82) is 0 Å². The molecule has 0 saturated heterocycles. The van der Waals surface area contributed by atoms with E-state index in [1.165, 1.54) is 16.2 Å². The normalized spacial score (nSPS) is 19.8. The van der Waals surface area contributed by atoms with Crippen molar-refractivity contribution >= 4 is 23.2 Å². The molecule has 1 aromatic heterocycles. The van der Waals surface area contributed by atoms with Gasteiger partial charge in [0, 0.05) is 11.1 Å². The van der Waals surface area contributed by atoms with Gasteiger partial charge in [-0.25, -0.2) is 9.78 Å². The Balaban J connectivity index is 2.35. The van der Waals surface area contributed by atoms with Crippen molar-refractivity contribution in [2.24, 2.45) is 10.7 Å². The zero-order chi connectivity index (χ0) is 11.7. The molecule has 0 spiro atoms. The van der Waals surface area contributed by atoms with E-state index >= 15 is 0 Å². The van der Waals surface area contributed by atoms with E-state index in [-0.39, 0.29) is 12.4 Å². The minimum Gasteiger partial charge on any atom is -0.385 e. The summed E-state index contributed by atoms with van der Waals surface area (Å²) in [6.07, 6.45) is 5.21. The third-order valence-corrected chi connectivity index (χ3v) is 3.21. The van der Waals surface area contributed by atoms with Crippen molar-refractivity contribution in [3.63, 3.8) is 0 Å². The van der Waals surface area contributed by atoms with E-state index in [9.17, 15) is 4.79 Å². The predicted octanol–water partition coefficient (Wildman–Crippen LogP) is 0.919. The number of aromatic nitrogens is 1. The van der Waals surface area contributed by atoms with Crippen molar-refractivity contribution < 1.29 is 4.79 Å². The first-order valence-electron chi connectivity index (χ1n) is 4.63. The lowest BCUT2D eigenvalue weighted by Crippen LogP contribution is -2.33. The van der Waals surface area contributed by atoms with E-state index in [1.807, 2.05) is 12.3 Å². The van der Waals surface area contributed by atoms with E-state index in [2.05, 4.69) is 15.9 Å². The molecule has 1 aromatic rings. The van der Waals surface area contributed by atoms with Gasteiger partial charge in [0.15, 0.2) is 0 Å². The van der Waals surface area contributed by atoms with Gasteiger partial charge in [0.2, 0.25) is 0 Å². The summed E-state index contributed by atoms with van der Waals surface area (Å²) in [7, 11) is 0. The summed E-state index contributed by atoms with van der Waals surface area (Å²) in [5.74, 6) is 2.68. The van der Waals surface area contributed by atoms with Gasteiger partial charge in [-0.1, -0.05) is 5.92 Å². The van der Waals surface area contributed by atoms with Crippen LogP contribution in [0.25, 0.3) is 0 Å². The number of carbonyl (C=O) groups is 1.